The zero-order chi connectivity index (χ0) is 6.83. The van der Waals surface area contributed by atoms with Crippen molar-refractivity contribution >= 4 is 6.08 Å². The molecule has 0 N–H and O–H groups in total. The molecular weight excluding hydrogens is 102 g/mol. The van der Waals surface area contributed by atoms with Crippen LogP contribution in [0.3, 0.4) is 0 Å². The molecule has 2 nitrogen and oxygen atoms in total. The first-order valence-electron chi connectivity index (χ1n) is 2.87. The van der Waals surface area contributed by atoms with Gasteiger partial charge in [0.05, 0.1) is 0 Å². The highest BCUT2D eigenvalue weighted by atomic mass is 16.1. The van der Waals surface area contributed by atoms with E-state index in [1.54, 1.807) is 6.92 Å². The molecule has 2 heteroatoms. The van der Waals surface area contributed by atoms with Crippen molar-refractivity contribution < 1.29 is 4.79 Å². The van der Waals surface area contributed by atoms with Crippen molar-refractivity contribution in [2.75, 3.05) is 6.54 Å². The predicted octanol–water partition coefficient (Wildman–Crippen LogP) is 1.76. The fraction of sp³-hybridized carbons (Fsp3) is 0.833. The van der Waals surface area contributed by atoms with E-state index in [9.17, 15) is 0 Å². The molecule has 0 aromatic heterocycles. The molecule has 0 spiro atoms. The van der Waals surface area contributed by atoms with E-state index in [1.165, 1.54) is 12.5 Å². The Hall–Kier alpha value is -0.620. The Morgan fingerprint density at radius 3 is 1.75 bits per heavy atom. The number of hydrogen-bond acceptors (Lipinski definition) is 2. The molecule has 0 bridgehead atoms. The third-order valence-corrected chi connectivity index (χ3v) is 0.223. The lowest BCUT2D eigenvalue weighted by Gasteiger charge is -1.58. The number of carbonyl (C=O) groups excluding carboxylic acids is 1. The van der Waals surface area contributed by atoms with Crippen LogP contribution in [0.1, 0.15) is 27.2 Å². The number of aliphatic imine (C=N–C) groups is 1. The molecule has 0 fully saturated rings. The van der Waals surface area contributed by atoms with Crippen molar-refractivity contribution in [1.82, 2.24) is 0 Å². The van der Waals surface area contributed by atoms with E-state index in [-0.39, 0.29) is 0 Å². The van der Waals surface area contributed by atoms with Gasteiger partial charge in [-0.3, -0.25) is 0 Å². The Bertz CT molecular complexity index is 64.9. The fourth-order valence-electron chi connectivity index (χ4n) is 0.0645. The molecule has 0 atom stereocenters. The zero-order valence-electron chi connectivity index (χ0n) is 5.77. The number of rotatable bonds is 1. The van der Waals surface area contributed by atoms with Gasteiger partial charge in [0.2, 0.25) is 6.08 Å². The molecule has 0 rings (SSSR count). The molecule has 0 aromatic carbocycles. The van der Waals surface area contributed by atoms with Crippen LogP contribution in [0.25, 0.3) is 0 Å². The Labute approximate surface area is 50.6 Å². The molecule has 0 aliphatic heterocycles. The van der Waals surface area contributed by atoms with E-state index < -0.39 is 0 Å². The summed E-state index contributed by atoms with van der Waals surface area (Å²) in [7, 11) is 0. The Balaban J connectivity index is 0. The summed E-state index contributed by atoms with van der Waals surface area (Å²) in [6.45, 7) is 6.58. The maximum absolute atomic E-state index is 9.11. The minimum Gasteiger partial charge on any atom is -0.211 e. The van der Waals surface area contributed by atoms with Crippen molar-refractivity contribution in [3.05, 3.63) is 0 Å². The molecule has 0 aliphatic rings. The van der Waals surface area contributed by atoms with Crippen molar-refractivity contribution in [3.8, 4) is 0 Å². The largest absolute Gasteiger partial charge is 0.234 e. The highest BCUT2D eigenvalue weighted by Crippen LogP contribution is 1.56. The van der Waals surface area contributed by atoms with Crippen molar-refractivity contribution in [1.29, 1.82) is 0 Å². The van der Waals surface area contributed by atoms with Crippen LogP contribution in [0, 0.1) is 0 Å². The van der Waals surface area contributed by atoms with Crippen LogP contribution in [-0.2, 0) is 4.79 Å². The molecule has 0 heterocycles. The summed E-state index contributed by atoms with van der Waals surface area (Å²) < 4.78 is 0. The van der Waals surface area contributed by atoms with Crippen LogP contribution in [0.4, 0.5) is 0 Å². The summed E-state index contributed by atoms with van der Waals surface area (Å²) in [5.41, 5.74) is 0. The van der Waals surface area contributed by atoms with Gasteiger partial charge in [-0.15, -0.1) is 0 Å². The third kappa shape index (κ3) is 54.2. The predicted molar refractivity (Wildman–Crippen MR) is 34.6 cm³/mol. The van der Waals surface area contributed by atoms with E-state index in [4.69, 9.17) is 4.79 Å². The molecule has 8 heavy (non-hydrogen) atoms. The molecule has 0 saturated heterocycles. The minimum atomic E-state index is 0.545. The van der Waals surface area contributed by atoms with Crippen LogP contribution in [0.5, 0.6) is 0 Å². The van der Waals surface area contributed by atoms with Crippen LogP contribution >= 0.6 is 0 Å². The van der Waals surface area contributed by atoms with E-state index in [0.29, 0.717) is 6.54 Å². The topological polar surface area (TPSA) is 29.4 Å². The maximum atomic E-state index is 9.11. The van der Waals surface area contributed by atoms with Gasteiger partial charge >= 0.3 is 0 Å². The highest BCUT2D eigenvalue weighted by Gasteiger charge is 1.52. The first-order valence-corrected chi connectivity index (χ1v) is 2.87. The van der Waals surface area contributed by atoms with E-state index in [2.05, 4.69) is 18.8 Å². The number of isocyanates is 1. The SMILES string of the molecule is CCC.CCN=C=O. The van der Waals surface area contributed by atoms with Gasteiger partial charge in [-0.25, -0.2) is 9.79 Å². The maximum Gasteiger partial charge on any atom is 0.234 e. The summed E-state index contributed by atoms with van der Waals surface area (Å²) in [5.74, 6) is 0. The first kappa shape index (κ1) is 10.4. The van der Waals surface area contributed by atoms with Gasteiger partial charge in [0.1, 0.15) is 0 Å². The Morgan fingerprint density at radius 2 is 1.75 bits per heavy atom. The smallest absolute Gasteiger partial charge is 0.211 e. The molecule has 0 amide bonds. The van der Waals surface area contributed by atoms with Crippen LogP contribution < -0.4 is 0 Å². The minimum absolute atomic E-state index is 0.545. The normalized spacial score (nSPS) is 5.88. The lowest BCUT2D eigenvalue weighted by atomic mass is 10.6. The highest BCUT2D eigenvalue weighted by molar-refractivity contribution is 5.32. The fourth-order valence-corrected chi connectivity index (χ4v) is 0.0645. The molecular formula is C6H13NO. The second-order valence-corrected chi connectivity index (χ2v) is 1.27. The standard InChI is InChI=1S/C3H5NO.C3H8/c1-2-4-3-5;1-3-2/h2H2,1H3;3H2,1-2H3. The molecule has 0 aromatic rings. The molecule has 48 valence electrons. The Morgan fingerprint density at radius 1 is 1.38 bits per heavy atom. The lowest BCUT2D eigenvalue weighted by Crippen LogP contribution is -1.58. The van der Waals surface area contributed by atoms with Crippen molar-refractivity contribution in [2.45, 2.75) is 27.2 Å². The monoisotopic (exact) mass is 115 g/mol. The lowest BCUT2D eigenvalue weighted by molar-refractivity contribution is 0.563. The average Bonchev–Trinajstić information content (AvgIpc) is 1.71. The van der Waals surface area contributed by atoms with Gasteiger partial charge in [0.25, 0.3) is 0 Å². The van der Waals surface area contributed by atoms with Gasteiger partial charge < -0.3 is 0 Å². The van der Waals surface area contributed by atoms with Gasteiger partial charge in [0.15, 0.2) is 0 Å². The van der Waals surface area contributed by atoms with Crippen LogP contribution in [0.2, 0.25) is 0 Å². The summed E-state index contributed by atoms with van der Waals surface area (Å²) in [5, 5.41) is 0. The van der Waals surface area contributed by atoms with Gasteiger partial charge in [-0.2, -0.15) is 0 Å². The second kappa shape index (κ2) is 16.2. The van der Waals surface area contributed by atoms with E-state index in [1.807, 2.05) is 0 Å². The molecule has 0 aliphatic carbocycles. The van der Waals surface area contributed by atoms with Crippen LogP contribution in [0.15, 0.2) is 4.99 Å². The summed E-state index contributed by atoms with van der Waals surface area (Å²) in [6, 6.07) is 0. The quantitative estimate of drug-likeness (QED) is 0.378. The summed E-state index contributed by atoms with van der Waals surface area (Å²) in [4.78, 5) is 12.3. The molecule has 0 radical (unpaired) electrons. The third-order valence-electron chi connectivity index (χ3n) is 0.223. The number of hydrogen-bond donors (Lipinski definition) is 0. The van der Waals surface area contributed by atoms with E-state index in [0.717, 1.165) is 0 Å². The Kier molecular flexibility index (Phi) is 21.0. The van der Waals surface area contributed by atoms with Crippen LogP contribution in [-0.4, -0.2) is 12.6 Å². The summed E-state index contributed by atoms with van der Waals surface area (Å²) in [6.07, 6.45) is 2.64. The first-order chi connectivity index (χ1) is 3.83. The summed E-state index contributed by atoms with van der Waals surface area (Å²) >= 11 is 0. The van der Waals surface area contributed by atoms with E-state index >= 15 is 0 Å². The average molecular weight is 115 g/mol. The van der Waals surface area contributed by atoms with Gasteiger partial charge in [-0.1, -0.05) is 20.3 Å². The molecule has 0 unspecified atom stereocenters. The van der Waals surface area contributed by atoms with Gasteiger partial charge in [-0.05, 0) is 6.92 Å². The molecule has 0 saturated carbocycles. The van der Waals surface area contributed by atoms with Crippen molar-refractivity contribution in [2.24, 2.45) is 4.99 Å². The second-order valence-electron chi connectivity index (χ2n) is 1.27. The van der Waals surface area contributed by atoms with Gasteiger partial charge in [0, 0.05) is 6.54 Å². The number of nitrogens with zero attached hydrogens (tertiary/aromatic N) is 1. The van der Waals surface area contributed by atoms with Crippen molar-refractivity contribution in [3.63, 3.8) is 0 Å². The zero-order valence-corrected chi connectivity index (χ0v) is 5.77.